The third kappa shape index (κ3) is 2.20. The lowest BCUT2D eigenvalue weighted by Gasteiger charge is -2.06. The highest BCUT2D eigenvalue weighted by molar-refractivity contribution is 9.10. The number of nitrogens with zero attached hydrogens (tertiary/aromatic N) is 2. The van der Waals surface area contributed by atoms with Crippen LogP contribution in [0.4, 0.5) is 0 Å². The summed E-state index contributed by atoms with van der Waals surface area (Å²) in [7, 11) is 0. The lowest BCUT2D eigenvalue weighted by Crippen LogP contribution is -2.20. The van der Waals surface area contributed by atoms with Gasteiger partial charge in [0, 0.05) is 11.0 Å². The lowest BCUT2D eigenvalue weighted by atomic mass is 10.1. The Morgan fingerprint density at radius 3 is 2.77 bits per heavy atom. The minimum absolute atomic E-state index is 0.0396. The average Bonchev–Trinajstić information content (AvgIpc) is 2.93. The third-order valence-electron chi connectivity index (χ3n) is 3.95. The number of rotatable bonds is 1. The Bertz CT molecular complexity index is 958. The SMILES string of the molecule is O=c1c2cc(Br)ccc2nc2n1CC/C2=C/c1ccccc1. The number of hydrogen-bond acceptors (Lipinski definition) is 2. The number of benzene rings is 2. The largest absolute Gasteiger partial charge is 0.292 e. The van der Waals surface area contributed by atoms with Crippen LogP contribution in [0.3, 0.4) is 0 Å². The van der Waals surface area contributed by atoms with Crippen LogP contribution in [-0.4, -0.2) is 9.55 Å². The molecule has 108 valence electrons. The summed E-state index contributed by atoms with van der Waals surface area (Å²) in [6.45, 7) is 0.697. The first-order valence-electron chi connectivity index (χ1n) is 7.18. The second kappa shape index (κ2) is 5.21. The molecule has 0 radical (unpaired) electrons. The smallest absolute Gasteiger partial charge is 0.261 e. The molecular weight excluding hydrogens is 340 g/mol. The topological polar surface area (TPSA) is 34.9 Å². The van der Waals surface area contributed by atoms with Crippen LogP contribution in [0.15, 0.2) is 57.8 Å². The number of hydrogen-bond donors (Lipinski definition) is 0. The van der Waals surface area contributed by atoms with Crippen molar-refractivity contribution in [1.29, 1.82) is 0 Å². The Hall–Kier alpha value is -2.20. The molecule has 1 aromatic heterocycles. The number of fused-ring (bicyclic) bond motifs is 2. The molecule has 0 saturated heterocycles. The first-order chi connectivity index (χ1) is 10.7. The van der Waals surface area contributed by atoms with E-state index in [1.54, 1.807) is 4.57 Å². The maximum atomic E-state index is 12.6. The Balaban J connectivity index is 1.92. The summed E-state index contributed by atoms with van der Waals surface area (Å²) < 4.78 is 2.68. The van der Waals surface area contributed by atoms with E-state index in [9.17, 15) is 4.79 Å². The molecule has 22 heavy (non-hydrogen) atoms. The monoisotopic (exact) mass is 352 g/mol. The van der Waals surface area contributed by atoms with Gasteiger partial charge >= 0.3 is 0 Å². The van der Waals surface area contributed by atoms with Gasteiger partial charge < -0.3 is 0 Å². The predicted molar refractivity (Wildman–Crippen MR) is 92.6 cm³/mol. The van der Waals surface area contributed by atoms with Crippen LogP contribution in [0.1, 0.15) is 17.8 Å². The molecule has 4 rings (SSSR count). The van der Waals surface area contributed by atoms with Gasteiger partial charge in [0.2, 0.25) is 0 Å². The predicted octanol–water partition coefficient (Wildman–Crippen LogP) is 4.10. The van der Waals surface area contributed by atoms with Crippen molar-refractivity contribution in [2.45, 2.75) is 13.0 Å². The molecule has 3 nitrogen and oxygen atoms in total. The average molecular weight is 353 g/mol. The van der Waals surface area contributed by atoms with E-state index in [0.717, 1.165) is 33.4 Å². The van der Waals surface area contributed by atoms with E-state index in [1.165, 1.54) is 0 Å². The molecule has 0 bridgehead atoms. The van der Waals surface area contributed by atoms with Crippen LogP contribution < -0.4 is 5.56 Å². The highest BCUT2D eigenvalue weighted by Gasteiger charge is 2.20. The molecule has 0 spiro atoms. The second-order valence-electron chi connectivity index (χ2n) is 5.38. The fraction of sp³-hybridized carbons (Fsp3) is 0.111. The van der Waals surface area contributed by atoms with Gasteiger partial charge in [0.05, 0.1) is 10.9 Å². The molecule has 0 amide bonds. The van der Waals surface area contributed by atoms with E-state index in [1.807, 2.05) is 36.4 Å². The van der Waals surface area contributed by atoms with E-state index < -0.39 is 0 Å². The minimum Gasteiger partial charge on any atom is -0.292 e. The molecule has 0 atom stereocenters. The molecular formula is C18H13BrN2O. The highest BCUT2D eigenvalue weighted by atomic mass is 79.9. The zero-order valence-electron chi connectivity index (χ0n) is 11.8. The van der Waals surface area contributed by atoms with Gasteiger partial charge in [0.15, 0.2) is 0 Å². The Morgan fingerprint density at radius 1 is 1.14 bits per heavy atom. The Morgan fingerprint density at radius 2 is 1.95 bits per heavy atom. The second-order valence-corrected chi connectivity index (χ2v) is 6.30. The first-order valence-corrected chi connectivity index (χ1v) is 7.98. The van der Waals surface area contributed by atoms with Crippen molar-refractivity contribution >= 4 is 38.5 Å². The van der Waals surface area contributed by atoms with E-state index in [0.29, 0.717) is 11.9 Å². The van der Waals surface area contributed by atoms with Crippen molar-refractivity contribution in [2.24, 2.45) is 0 Å². The summed E-state index contributed by atoms with van der Waals surface area (Å²) in [5.41, 5.74) is 3.04. The van der Waals surface area contributed by atoms with Crippen LogP contribution in [0.5, 0.6) is 0 Å². The van der Waals surface area contributed by atoms with Gasteiger partial charge in [-0.3, -0.25) is 9.36 Å². The summed E-state index contributed by atoms with van der Waals surface area (Å²) >= 11 is 3.42. The van der Waals surface area contributed by atoms with Gasteiger partial charge in [-0.05, 0) is 41.8 Å². The molecule has 0 N–H and O–H groups in total. The van der Waals surface area contributed by atoms with E-state index in [-0.39, 0.29) is 5.56 Å². The van der Waals surface area contributed by atoms with Crippen LogP contribution >= 0.6 is 15.9 Å². The van der Waals surface area contributed by atoms with Crippen molar-refractivity contribution < 1.29 is 0 Å². The lowest BCUT2D eigenvalue weighted by molar-refractivity contribution is 0.725. The minimum atomic E-state index is 0.0396. The first kappa shape index (κ1) is 13.5. The molecule has 4 heteroatoms. The fourth-order valence-electron chi connectivity index (χ4n) is 2.88. The van der Waals surface area contributed by atoms with Crippen molar-refractivity contribution in [3.8, 4) is 0 Å². The van der Waals surface area contributed by atoms with Crippen molar-refractivity contribution in [3.63, 3.8) is 0 Å². The molecule has 0 saturated carbocycles. The quantitative estimate of drug-likeness (QED) is 0.660. The van der Waals surface area contributed by atoms with Gasteiger partial charge in [-0.25, -0.2) is 4.98 Å². The van der Waals surface area contributed by atoms with Crippen LogP contribution in [0.25, 0.3) is 22.6 Å². The summed E-state index contributed by atoms with van der Waals surface area (Å²) in [5.74, 6) is 0.795. The van der Waals surface area contributed by atoms with Crippen molar-refractivity contribution in [3.05, 3.63) is 74.7 Å². The standard InChI is InChI=1S/C18H13BrN2O/c19-14-6-7-16-15(11-14)18(22)21-9-8-13(17(21)20-16)10-12-4-2-1-3-5-12/h1-7,10-11H,8-9H2/b13-10-. The summed E-state index contributed by atoms with van der Waals surface area (Å²) in [5, 5.41) is 0.666. The van der Waals surface area contributed by atoms with Crippen molar-refractivity contribution in [1.82, 2.24) is 9.55 Å². The third-order valence-corrected chi connectivity index (χ3v) is 4.44. The zero-order valence-corrected chi connectivity index (χ0v) is 13.4. The molecule has 1 aliphatic heterocycles. The maximum Gasteiger partial charge on any atom is 0.261 e. The van der Waals surface area contributed by atoms with E-state index in [2.05, 4.69) is 34.1 Å². The molecule has 0 fully saturated rings. The summed E-state index contributed by atoms with van der Waals surface area (Å²) in [6.07, 6.45) is 2.96. The normalized spacial score (nSPS) is 15.4. The van der Waals surface area contributed by atoms with Crippen molar-refractivity contribution in [2.75, 3.05) is 0 Å². The van der Waals surface area contributed by atoms with Gasteiger partial charge in [-0.2, -0.15) is 0 Å². The Labute approximate surface area is 136 Å². The van der Waals surface area contributed by atoms with Gasteiger partial charge in [-0.15, -0.1) is 0 Å². The zero-order chi connectivity index (χ0) is 15.1. The van der Waals surface area contributed by atoms with E-state index >= 15 is 0 Å². The van der Waals surface area contributed by atoms with Gasteiger partial charge in [-0.1, -0.05) is 46.3 Å². The molecule has 2 aromatic carbocycles. The van der Waals surface area contributed by atoms with E-state index in [4.69, 9.17) is 4.98 Å². The maximum absolute atomic E-state index is 12.6. The molecule has 0 unspecified atom stereocenters. The fourth-order valence-corrected chi connectivity index (χ4v) is 3.24. The number of aromatic nitrogens is 2. The van der Waals surface area contributed by atoms with Crippen LogP contribution in [-0.2, 0) is 6.54 Å². The Kier molecular flexibility index (Phi) is 3.19. The highest BCUT2D eigenvalue weighted by Crippen LogP contribution is 2.28. The summed E-state index contributed by atoms with van der Waals surface area (Å²) in [4.78, 5) is 17.4. The molecule has 0 aliphatic carbocycles. The van der Waals surface area contributed by atoms with Gasteiger partial charge in [0.1, 0.15) is 5.82 Å². The molecule has 1 aliphatic rings. The number of allylic oxidation sites excluding steroid dienone is 1. The van der Waals surface area contributed by atoms with Crippen LogP contribution in [0.2, 0.25) is 0 Å². The number of halogens is 1. The summed E-state index contributed by atoms with van der Waals surface area (Å²) in [6, 6.07) is 15.8. The van der Waals surface area contributed by atoms with Crippen LogP contribution in [0, 0.1) is 0 Å². The molecule has 3 aromatic rings. The molecule has 2 heterocycles. The van der Waals surface area contributed by atoms with Gasteiger partial charge in [0.25, 0.3) is 5.56 Å².